The number of amides is 2. The molecule has 3 aromatic rings. The van der Waals surface area contributed by atoms with Crippen molar-refractivity contribution in [3.8, 4) is 17.2 Å². The molecule has 6 nitrogen and oxygen atoms in total. The van der Waals surface area contributed by atoms with Gasteiger partial charge in [0.2, 0.25) is 5.91 Å². The van der Waals surface area contributed by atoms with Crippen molar-refractivity contribution in [3.63, 3.8) is 0 Å². The summed E-state index contributed by atoms with van der Waals surface area (Å²) in [5, 5.41) is 5.35. The molecule has 0 saturated carbocycles. The summed E-state index contributed by atoms with van der Waals surface area (Å²) in [6.07, 6.45) is 0. The summed E-state index contributed by atoms with van der Waals surface area (Å²) in [6, 6.07) is 19.8. The molecule has 2 N–H and O–H groups in total. The molecule has 0 unspecified atom stereocenters. The second-order valence-electron chi connectivity index (χ2n) is 6.59. The largest absolute Gasteiger partial charge is 0.493 e. The van der Waals surface area contributed by atoms with Gasteiger partial charge >= 0.3 is 0 Å². The number of ether oxygens (including phenoxy) is 2. The van der Waals surface area contributed by atoms with Crippen LogP contribution in [0.3, 0.4) is 0 Å². The maximum absolute atomic E-state index is 12.9. The highest BCUT2D eigenvalue weighted by molar-refractivity contribution is 5.98. The van der Waals surface area contributed by atoms with Gasteiger partial charge in [0, 0.05) is 6.54 Å². The predicted molar refractivity (Wildman–Crippen MR) is 115 cm³/mol. The van der Waals surface area contributed by atoms with E-state index in [1.165, 1.54) is 12.1 Å². The van der Waals surface area contributed by atoms with E-state index in [4.69, 9.17) is 9.47 Å². The van der Waals surface area contributed by atoms with E-state index in [0.29, 0.717) is 36.0 Å². The molecule has 3 rings (SSSR count). The molecule has 0 aromatic heterocycles. The monoisotopic (exact) mass is 422 g/mol. The van der Waals surface area contributed by atoms with Crippen molar-refractivity contribution in [1.29, 1.82) is 0 Å². The Kier molecular flexibility index (Phi) is 7.59. The van der Waals surface area contributed by atoms with Crippen LogP contribution >= 0.6 is 0 Å². The Morgan fingerprint density at radius 2 is 1.52 bits per heavy atom. The van der Waals surface area contributed by atoms with Gasteiger partial charge in [-0.25, -0.2) is 4.39 Å². The van der Waals surface area contributed by atoms with E-state index in [-0.39, 0.29) is 24.2 Å². The summed E-state index contributed by atoms with van der Waals surface area (Å²) in [7, 11) is 0. The lowest BCUT2D eigenvalue weighted by atomic mass is 10.2. The second kappa shape index (κ2) is 10.8. The first-order chi connectivity index (χ1) is 15.0. The van der Waals surface area contributed by atoms with Crippen LogP contribution in [-0.4, -0.2) is 25.0 Å². The van der Waals surface area contributed by atoms with Crippen LogP contribution < -0.4 is 20.1 Å². The molecule has 0 heterocycles. The molecule has 3 aromatic carbocycles. The number of rotatable bonds is 9. The maximum Gasteiger partial charge on any atom is 0.255 e. The first-order valence-corrected chi connectivity index (χ1v) is 9.84. The summed E-state index contributed by atoms with van der Waals surface area (Å²) in [5.41, 5.74) is 1.25. The van der Waals surface area contributed by atoms with Gasteiger partial charge in [0.25, 0.3) is 5.91 Å². The molecule has 0 atom stereocenters. The van der Waals surface area contributed by atoms with Crippen molar-refractivity contribution in [2.45, 2.75) is 13.5 Å². The molecule has 0 fully saturated rings. The number of benzene rings is 3. The molecule has 0 spiro atoms. The van der Waals surface area contributed by atoms with E-state index in [2.05, 4.69) is 10.6 Å². The van der Waals surface area contributed by atoms with Crippen molar-refractivity contribution < 1.29 is 23.5 Å². The molecule has 160 valence electrons. The fourth-order valence-electron chi connectivity index (χ4n) is 2.77. The third-order valence-electron chi connectivity index (χ3n) is 4.30. The minimum atomic E-state index is -0.374. The minimum Gasteiger partial charge on any atom is -0.493 e. The molecule has 2 amide bonds. The highest BCUT2D eigenvalue weighted by atomic mass is 19.1. The lowest BCUT2D eigenvalue weighted by molar-refractivity contribution is -0.120. The van der Waals surface area contributed by atoms with E-state index in [9.17, 15) is 14.0 Å². The lowest BCUT2D eigenvalue weighted by Gasteiger charge is -2.11. The maximum atomic E-state index is 12.9. The van der Waals surface area contributed by atoms with Crippen LogP contribution in [0, 0.1) is 5.82 Å². The van der Waals surface area contributed by atoms with Crippen molar-refractivity contribution in [3.05, 3.63) is 89.7 Å². The van der Waals surface area contributed by atoms with Crippen LogP contribution in [0.5, 0.6) is 17.2 Å². The fraction of sp³-hybridized carbons (Fsp3) is 0.167. The minimum absolute atomic E-state index is 0.148. The Hall–Kier alpha value is -3.87. The molecule has 0 aliphatic rings. The fourth-order valence-corrected chi connectivity index (χ4v) is 2.77. The number of carbonyl (C=O) groups excluding carboxylic acids is 2. The van der Waals surface area contributed by atoms with Gasteiger partial charge in [0.05, 0.1) is 18.7 Å². The van der Waals surface area contributed by atoms with Gasteiger partial charge in [-0.3, -0.25) is 9.59 Å². The van der Waals surface area contributed by atoms with Gasteiger partial charge in [-0.15, -0.1) is 0 Å². The molecular formula is C24H23FN2O4. The van der Waals surface area contributed by atoms with Crippen LogP contribution in [0.4, 0.5) is 4.39 Å². The summed E-state index contributed by atoms with van der Waals surface area (Å²) in [6.45, 7) is 2.44. The van der Waals surface area contributed by atoms with Gasteiger partial charge in [0.1, 0.15) is 23.1 Å². The van der Waals surface area contributed by atoms with Gasteiger partial charge in [-0.1, -0.05) is 24.3 Å². The van der Waals surface area contributed by atoms with Crippen molar-refractivity contribution in [2.24, 2.45) is 0 Å². The smallest absolute Gasteiger partial charge is 0.255 e. The number of hydrogen-bond acceptors (Lipinski definition) is 4. The topological polar surface area (TPSA) is 76.7 Å². The number of carbonyl (C=O) groups is 2. The average molecular weight is 422 g/mol. The Labute approximate surface area is 180 Å². The zero-order valence-corrected chi connectivity index (χ0v) is 17.1. The molecule has 0 aliphatic heterocycles. The molecular weight excluding hydrogens is 399 g/mol. The summed E-state index contributed by atoms with van der Waals surface area (Å²) < 4.78 is 24.0. The van der Waals surface area contributed by atoms with Crippen molar-refractivity contribution in [2.75, 3.05) is 13.2 Å². The Bertz CT molecular complexity index is 1020. The van der Waals surface area contributed by atoms with Gasteiger partial charge in [-0.05, 0) is 61.0 Å². The van der Waals surface area contributed by atoms with Crippen LogP contribution in [-0.2, 0) is 11.3 Å². The van der Waals surface area contributed by atoms with E-state index in [1.807, 2.05) is 19.1 Å². The third kappa shape index (κ3) is 6.57. The normalized spacial score (nSPS) is 10.3. The van der Waals surface area contributed by atoms with Gasteiger partial charge < -0.3 is 20.1 Å². The zero-order valence-electron chi connectivity index (χ0n) is 17.1. The van der Waals surface area contributed by atoms with E-state index >= 15 is 0 Å². The average Bonchev–Trinajstić information content (AvgIpc) is 2.79. The van der Waals surface area contributed by atoms with Crippen molar-refractivity contribution >= 4 is 11.8 Å². The number of para-hydroxylation sites is 1. The molecule has 0 aliphatic carbocycles. The van der Waals surface area contributed by atoms with Crippen LogP contribution in [0.1, 0.15) is 22.8 Å². The summed E-state index contributed by atoms with van der Waals surface area (Å²) in [5.74, 6) is 0.598. The number of nitrogens with one attached hydrogen (secondary N) is 2. The second-order valence-corrected chi connectivity index (χ2v) is 6.59. The Balaban J connectivity index is 1.45. The molecule has 0 saturated heterocycles. The van der Waals surface area contributed by atoms with Gasteiger partial charge in [0.15, 0.2) is 0 Å². The summed E-state index contributed by atoms with van der Waals surface area (Å²) >= 11 is 0. The van der Waals surface area contributed by atoms with E-state index in [0.717, 1.165) is 5.56 Å². The van der Waals surface area contributed by atoms with Crippen LogP contribution in [0.15, 0.2) is 72.8 Å². The molecule has 0 bridgehead atoms. The first kappa shape index (κ1) is 21.8. The lowest BCUT2D eigenvalue weighted by Crippen LogP contribution is -2.36. The number of halogens is 1. The van der Waals surface area contributed by atoms with Gasteiger partial charge in [-0.2, -0.15) is 0 Å². The van der Waals surface area contributed by atoms with Crippen molar-refractivity contribution in [1.82, 2.24) is 10.6 Å². The molecule has 0 radical (unpaired) electrons. The highest BCUT2D eigenvalue weighted by Gasteiger charge is 2.13. The first-order valence-electron chi connectivity index (χ1n) is 9.84. The SMILES string of the molecule is CCOc1ccccc1C(=O)NCC(=O)NCc1ccc(Oc2ccc(F)cc2)cc1. The Morgan fingerprint density at radius 3 is 2.19 bits per heavy atom. The van der Waals surface area contributed by atoms with Crippen LogP contribution in [0.2, 0.25) is 0 Å². The predicted octanol–water partition coefficient (Wildman–Crippen LogP) is 4.06. The molecule has 31 heavy (non-hydrogen) atoms. The molecule has 7 heteroatoms. The van der Waals surface area contributed by atoms with Crippen LogP contribution in [0.25, 0.3) is 0 Å². The Morgan fingerprint density at radius 1 is 0.871 bits per heavy atom. The summed E-state index contributed by atoms with van der Waals surface area (Å²) in [4.78, 5) is 24.4. The zero-order chi connectivity index (χ0) is 22.1. The quantitative estimate of drug-likeness (QED) is 0.545. The van der Waals surface area contributed by atoms with E-state index < -0.39 is 0 Å². The standard InChI is InChI=1S/C24H23FN2O4/c1-2-30-22-6-4-3-5-21(22)24(29)27-16-23(28)26-15-17-7-11-19(12-8-17)31-20-13-9-18(25)10-14-20/h3-14H,2,15-16H2,1H3,(H,26,28)(H,27,29). The highest BCUT2D eigenvalue weighted by Crippen LogP contribution is 2.22. The number of hydrogen-bond donors (Lipinski definition) is 2. The van der Waals surface area contributed by atoms with E-state index in [1.54, 1.807) is 48.5 Å². The third-order valence-corrected chi connectivity index (χ3v) is 4.30.